The average molecular weight is 328 g/mol. The van der Waals surface area contributed by atoms with Gasteiger partial charge in [-0.15, -0.1) is 0 Å². The molecule has 0 radical (unpaired) electrons. The Morgan fingerprint density at radius 1 is 1.09 bits per heavy atom. The molecule has 2 aromatic rings. The van der Waals surface area contributed by atoms with Gasteiger partial charge in [0, 0.05) is 11.8 Å². The second kappa shape index (κ2) is 7.33. The lowest BCUT2D eigenvalue weighted by molar-refractivity contribution is 0.171. The molecule has 0 amide bonds. The van der Waals surface area contributed by atoms with Crippen molar-refractivity contribution in [3.63, 3.8) is 0 Å². The van der Waals surface area contributed by atoms with Crippen LogP contribution in [0.4, 0.5) is 5.69 Å². The SMILES string of the molecule is CC[C@@H](NC(=S)Nc1ccc2c(c1)OCCO2)c1ccccc1. The van der Waals surface area contributed by atoms with E-state index >= 15 is 0 Å². The van der Waals surface area contributed by atoms with Crippen LogP contribution in [-0.2, 0) is 0 Å². The van der Waals surface area contributed by atoms with Crippen LogP contribution in [0.25, 0.3) is 0 Å². The first-order valence-corrected chi connectivity index (χ1v) is 8.19. The summed E-state index contributed by atoms with van der Waals surface area (Å²) in [4.78, 5) is 0. The highest BCUT2D eigenvalue weighted by Gasteiger charge is 2.13. The van der Waals surface area contributed by atoms with E-state index in [-0.39, 0.29) is 6.04 Å². The summed E-state index contributed by atoms with van der Waals surface area (Å²) in [6.45, 7) is 3.30. The van der Waals surface area contributed by atoms with E-state index < -0.39 is 0 Å². The minimum atomic E-state index is 0.188. The first-order chi connectivity index (χ1) is 11.3. The molecule has 0 bridgehead atoms. The van der Waals surface area contributed by atoms with E-state index in [1.165, 1.54) is 5.56 Å². The average Bonchev–Trinajstić information content (AvgIpc) is 2.60. The maximum absolute atomic E-state index is 5.59. The Morgan fingerprint density at radius 2 is 1.83 bits per heavy atom. The van der Waals surface area contributed by atoms with Crippen molar-refractivity contribution in [2.75, 3.05) is 18.5 Å². The van der Waals surface area contributed by atoms with Crippen molar-refractivity contribution >= 4 is 23.0 Å². The van der Waals surface area contributed by atoms with Gasteiger partial charge in [0.05, 0.1) is 6.04 Å². The minimum absolute atomic E-state index is 0.188. The Kier molecular flexibility index (Phi) is 4.98. The van der Waals surface area contributed by atoms with Crippen LogP contribution in [0.5, 0.6) is 11.5 Å². The molecule has 23 heavy (non-hydrogen) atoms. The molecule has 1 aliphatic heterocycles. The number of hydrogen-bond donors (Lipinski definition) is 2. The van der Waals surface area contributed by atoms with Crippen molar-refractivity contribution in [1.82, 2.24) is 5.32 Å². The summed E-state index contributed by atoms with van der Waals surface area (Å²) in [5, 5.41) is 7.17. The fraction of sp³-hybridized carbons (Fsp3) is 0.278. The van der Waals surface area contributed by atoms with Crippen molar-refractivity contribution in [2.24, 2.45) is 0 Å². The molecule has 2 N–H and O–H groups in total. The molecule has 0 aliphatic carbocycles. The van der Waals surface area contributed by atoms with Gasteiger partial charge in [-0.25, -0.2) is 0 Å². The van der Waals surface area contributed by atoms with Gasteiger partial charge in [0.2, 0.25) is 0 Å². The highest BCUT2D eigenvalue weighted by atomic mass is 32.1. The van der Waals surface area contributed by atoms with Crippen LogP contribution >= 0.6 is 12.2 Å². The zero-order chi connectivity index (χ0) is 16.1. The van der Waals surface area contributed by atoms with Crippen LogP contribution in [0, 0.1) is 0 Å². The Bertz CT molecular complexity index is 676. The number of ether oxygens (including phenoxy) is 2. The lowest BCUT2D eigenvalue weighted by Gasteiger charge is -2.21. The van der Waals surface area contributed by atoms with Gasteiger partial charge in [-0.3, -0.25) is 0 Å². The zero-order valence-corrected chi connectivity index (χ0v) is 13.9. The molecule has 0 fully saturated rings. The van der Waals surface area contributed by atoms with E-state index in [4.69, 9.17) is 21.7 Å². The summed E-state index contributed by atoms with van der Waals surface area (Å²) in [7, 11) is 0. The number of hydrogen-bond acceptors (Lipinski definition) is 3. The number of rotatable bonds is 4. The summed E-state index contributed by atoms with van der Waals surface area (Å²) in [5.41, 5.74) is 2.11. The molecule has 0 unspecified atom stereocenters. The van der Waals surface area contributed by atoms with E-state index in [9.17, 15) is 0 Å². The van der Waals surface area contributed by atoms with Crippen molar-refractivity contribution in [2.45, 2.75) is 19.4 Å². The molecule has 0 aromatic heterocycles. The van der Waals surface area contributed by atoms with Crippen LogP contribution in [0.1, 0.15) is 24.9 Å². The molecule has 3 rings (SSSR count). The first kappa shape index (κ1) is 15.6. The predicted octanol–water partition coefficient (Wildman–Crippen LogP) is 3.90. The minimum Gasteiger partial charge on any atom is -0.486 e. The van der Waals surface area contributed by atoms with Gasteiger partial charge in [0.25, 0.3) is 0 Å². The Labute approximate surface area is 141 Å². The molecule has 0 saturated heterocycles. The summed E-state index contributed by atoms with van der Waals surface area (Å²) in [6.07, 6.45) is 0.951. The first-order valence-electron chi connectivity index (χ1n) is 7.78. The fourth-order valence-electron chi connectivity index (χ4n) is 2.55. The largest absolute Gasteiger partial charge is 0.486 e. The standard InChI is InChI=1S/C18H20N2O2S/c1-2-15(13-6-4-3-5-7-13)20-18(23)19-14-8-9-16-17(12-14)22-11-10-21-16/h3-9,12,15H,2,10-11H2,1H3,(H2,19,20,23)/t15-/m1/s1. The van der Waals surface area contributed by atoms with Crippen LogP contribution in [0.2, 0.25) is 0 Å². The second-order valence-corrected chi connectivity index (χ2v) is 5.74. The molecule has 4 nitrogen and oxygen atoms in total. The number of anilines is 1. The van der Waals surface area contributed by atoms with Crippen LogP contribution < -0.4 is 20.1 Å². The van der Waals surface area contributed by atoms with Gasteiger partial charge in [-0.1, -0.05) is 37.3 Å². The molecular formula is C18H20N2O2S. The molecular weight excluding hydrogens is 308 g/mol. The number of fused-ring (bicyclic) bond motifs is 1. The lowest BCUT2D eigenvalue weighted by atomic mass is 10.1. The maximum atomic E-state index is 5.59. The molecule has 2 aromatic carbocycles. The maximum Gasteiger partial charge on any atom is 0.171 e. The van der Waals surface area contributed by atoms with E-state index in [1.807, 2.05) is 36.4 Å². The Hall–Kier alpha value is -2.27. The molecule has 0 spiro atoms. The molecule has 1 aliphatic rings. The molecule has 1 heterocycles. The van der Waals surface area contributed by atoms with Crippen molar-refractivity contribution in [1.29, 1.82) is 0 Å². The summed E-state index contributed by atoms with van der Waals surface area (Å²) >= 11 is 5.44. The number of thiocarbonyl (C=S) groups is 1. The van der Waals surface area contributed by atoms with E-state index in [0.717, 1.165) is 23.6 Å². The zero-order valence-electron chi connectivity index (χ0n) is 13.0. The van der Waals surface area contributed by atoms with Crippen molar-refractivity contribution in [3.8, 4) is 11.5 Å². The smallest absolute Gasteiger partial charge is 0.171 e. The number of nitrogens with one attached hydrogen (secondary N) is 2. The van der Waals surface area contributed by atoms with Crippen LogP contribution in [-0.4, -0.2) is 18.3 Å². The normalized spacial score (nSPS) is 14.0. The second-order valence-electron chi connectivity index (χ2n) is 5.33. The van der Waals surface area contributed by atoms with Crippen LogP contribution in [0.3, 0.4) is 0 Å². The monoisotopic (exact) mass is 328 g/mol. The molecule has 1 atom stereocenters. The van der Waals surface area contributed by atoms with Gasteiger partial charge in [0.15, 0.2) is 16.6 Å². The highest BCUT2D eigenvalue weighted by Crippen LogP contribution is 2.32. The molecule has 0 saturated carbocycles. The molecule has 5 heteroatoms. The van der Waals surface area contributed by atoms with E-state index in [1.54, 1.807) is 0 Å². The van der Waals surface area contributed by atoms with Crippen molar-refractivity contribution in [3.05, 3.63) is 54.1 Å². The Balaban J connectivity index is 1.64. The topological polar surface area (TPSA) is 42.5 Å². The lowest BCUT2D eigenvalue weighted by Crippen LogP contribution is -2.32. The van der Waals surface area contributed by atoms with E-state index in [2.05, 4.69) is 29.7 Å². The van der Waals surface area contributed by atoms with Gasteiger partial charge in [0.1, 0.15) is 13.2 Å². The quantitative estimate of drug-likeness (QED) is 0.833. The third-order valence-corrected chi connectivity index (χ3v) is 3.94. The van der Waals surface area contributed by atoms with Crippen LogP contribution in [0.15, 0.2) is 48.5 Å². The third-order valence-electron chi connectivity index (χ3n) is 3.72. The number of benzene rings is 2. The fourth-order valence-corrected chi connectivity index (χ4v) is 2.81. The summed E-state index contributed by atoms with van der Waals surface area (Å²) in [5.74, 6) is 1.52. The molecule has 120 valence electrons. The third kappa shape index (κ3) is 3.93. The summed E-state index contributed by atoms with van der Waals surface area (Å²) < 4.78 is 11.1. The van der Waals surface area contributed by atoms with Crippen molar-refractivity contribution < 1.29 is 9.47 Å². The van der Waals surface area contributed by atoms with E-state index in [0.29, 0.717) is 18.3 Å². The predicted molar refractivity (Wildman–Crippen MR) is 96.3 cm³/mol. The van der Waals surface area contributed by atoms with Gasteiger partial charge in [-0.2, -0.15) is 0 Å². The summed E-state index contributed by atoms with van der Waals surface area (Å²) in [6, 6.07) is 16.2. The van der Waals surface area contributed by atoms with Gasteiger partial charge in [-0.05, 0) is 36.3 Å². The highest BCUT2D eigenvalue weighted by molar-refractivity contribution is 7.80. The van der Waals surface area contributed by atoms with Gasteiger partial charge < -0.3 is 20.1 Å². The van der Waals surface area contributed by atoms with Gasteiger partial charge >= 0.3 is 0 Å². The Morgan fingerprint density at radius 3 is 2.57 bits per heavy atom.